The number of benzene rings is 2. The van der Waals surface area contributed by atoms with E-state index >= 15 is 0 Å². The predicted molar refractivity (Wildman–Crippen MR) is 111 cm³/mol. The number of nitrogens with zero attached hydrogens (tertiary/aromatic N) is 1. The lowest BCUT2D eigenvalue weighted by Crippen LogP contribution is -2.46. The summed E-state index contributed by atoms with van der Waals surface area (Å²) in [6, 6.07) is 13.2. The van der Waals surface area contributed by atoms with Crippen LogP contribution in [0.3, 0.4) is 0 Å². The number of ether oxygens (including phenoxy) is 2. The molecule has 1 N–H and O–H groups in total. The third-order valence-electron chi connectivity index (χ3n) is 4.68. The molecule has 0 aliphatic carbocycles. The summed E-state index contributed by atoms with van der Waals surface area (Å²) in [4.78, 5) is 47.1. The lowest BCUT2D eigenvalue weighted by molar-refractivity contribution is -0.384. The summed E-state index contributed by atoms with van der Waals surface area (Å²) in [6.45, 7) is 3.04. The van der Waals surface area contributed by atoms with Crippen LogP contribution in [0.15, 0.2) is 54.6 Å². The molecule has 0 fully saturated rings. The van der Waals surface area contributed by atoms with Gasteiger partial charge in [-0.2, -0.15) is 0 Å². The van der Waals surface area contributed by atoms with Crippen LogP contribution >= 0.6 is 0 Å². The van der Waals surface area contributed by atoms with Crippen molar-refractivity contribution in [2.75, 3.05) is 6.61 Å². The van der Waals surface area contributed by atoms with Crippen molar-refractivity contribution in [3.8, 4) is 0 Å². The summed E-state index contributed by atoms with van der Waals surface area (Å²) in [5.74, 6) is -1.65. The molecule has 0 aliphatic heterocycles. The van der Waals surface area contributed by atoms with E-state index in [2.05, 4.69) is 5.32 Å². The van der Waals surface area contributed by atoms with Gasteiger partial charge in [-0.15, -0.1) is 0 Å². The van der Waals surface area contributed by atoms with Crippen molar-refractivity contribution in [1.29, 1.82) is 0 Å². The van der Waals surface area contributed by atoms with E-state index < -0.39 is 35.4 Å². The van der Waals surface area contributed by atoms with E-state index in [1.165, 1.54) is 18.2 Å². The van der Waals surface area contributed by atoms with Gasteiger partial charge in [0.15, 0.2) is 6.61 Å². The fourth-order valence-corrected chi connectivity index (χ4v) is 2.66. The molecule has 2 atom stereocenters. The molecule has 9 heteroatoms. The molecule has 2 aromatic rings. The van der Waals surface area contributed by atoms with E-state index in [0.717, 1.165) is 11.6 Å². The highest BCUT2D eigenvalue weighted by Crippen LogP contribution is 2.15. The van der Waals surface area contributed by atoms with Crippen LogP contribution in [0.4, 0.5) is 10.5 Å². The van der Waals surface area contributed by atoms with Crippen molar-refractivity contribution in [2.45, 2.75) is 32.9 Å². The first-order valence-corrected chi connectivity index (χ1v) is 9.73. The first kappa shape index (κ1) is 23.5. The SMILES string of the molecule is CC[C@H](C)[C@@H](NC(=O)OCc1ccccc1)C(=O)OCC(=O)c1cccc([N+](=O)[O-])c1. The van der Waals surface area contributed by atoms with Gasteiger partial charge in [-0.05, 0) is 11.5 Å². The lowest BCUT2D eigenvalue weighted by Gasteiger charge is -2.22. The minimum Gasteiger partial charge on any atom is -0.456 e. The van der Waals surface area contributed by atoms with Gasteiger partial charge in [0.05, 0.1) is 4.92 Å². The number of nitro benzene ring substituents is 1. The van der Waals surface area contributed by atoms with Gasteiger partial charge in [0.25, 0.3) is 5.69 Å². The first-order chi connectivity index (χ1) is 14.8. The van der Waals surface area contributed by atoms with Crippen molar-refractivity contribution in [1.82, 2.24) is 5.32 Å². The molecule has 164 valence electrons. The number of carbonyl (C=O) groups is 3. The summed E-state index contributed by atoms with van der Waals surface area (Å²) >= 11 is 0. The largest absolute Gasteiger partial charge is 0.456 e. The summed E-state index contributed by atoms with van der Waals surface area (Å²) in [5, 5.41) is 13.3. The quantitative estimate of drug-likeness (QED) is 0.265. The number of rotatable bonds is 10. The monoisotopic (exact) mass is 428 g/mol. The van der Waals surface area contributed by atoms with Gasteiger partial charge >= 0.3 is 12.1 Å². The number of hydrogen-bond donors (Lipinski definition) is 1. The second-order valence-corrected chi connectivity index (χ2v) is 6.91. The molecule has 0 unspecified atom stereocenters. The zero-order chi connectivity index (χ0) is 22.8. The Kier molecular flexibility index (Phi) is 8.68. The molecule has 0 radical (unpaired) electrons. The zero-order valence-electron chi connectivity index (χ0n) is 17.3. The van der Waals surface area contributed by atoms with Crippen molar-refractivity contribution in [2.24, 2.45) is 5.92 Å². The third kappa shape index (κ3) is 7.22. The summed E-state index contributed by atoms with van der Waals surface area (Å²) in [5.41, 5.74) is 0.609. The van der Waals surface area contributed by atoms with Gasteiger partial charge in [-0.1, -0.05) is 62.7 Å². The maximum atomic E-state index is 12.5. The Morgan fingerprint density at radius 3 is 2.42 bits per heavy atom. The number of alkyl carbamates (subject to hydrolysis) is 1. The number of amides is 1. The van der Waals surface area contributed by atoms with Gasteiger partial charge in [-0.25, -0.2) is 9.59 Å². The van der Waals surface area contributed by atoms with Crippen molar-refractivity contribution >= 4 is 23.5 Å². The molecule has 0 saturated heterocycles. The van der Waals surface area contributed by atoms with Crippen LogP contribution in [0.25, 0.3) is 0 Å². The van der Waals surface area contributed by atoms with Crippen molar-refractivity contribution in [3.05, 3.63) is 75.8 Å². The van der Waals surface area contributed by atoms with Crippen molar-refractivity contribution in [3.63, 3.8) is 0 Å². The summed E-state index contributed by atoms with van der Waals surface area (Å²) < 4.78 is 10.2. The molecular formula is C22H24N2O7. The number of esters is 1. The molecule has 1 amide bonds. The molecule has 31 heavy (non-hydrogen) atoms. The molecular weight excluding hydrogens is 404 g/mol. The molecule has 0 bridgehead atoms. The lowest BCUT2D eigenvalue weighted by atomic mass is 9.99. The van der Waals surface area contributed by atoms with Crippen LogP contribution in [0.5, 0.6) is 0 Å². The molecule has 2 rings (SSSR count). The molecule has 2 aromatic carbocycles. The number of carbonyl (C=O) groups excluding carboxylic acids is 3. The standard InChI is InChI=1S/C22H24N2O7/c1-3-15(2)20(23-22(27)31-13-16-8-5-4-6-9-16)21(26)30-14-19(25)17-10-7-11-18(12-17)24(28)29/h4-12,15,20H,3,13-14H2,1-2H3,(H,23,27)/t15-,20+/m0/s1. The van der Waals surface area contributed by atoms with E-state index in [1.807, 2.05) is 25.1 Å². The highest BCUT2D eigenvalue weighted by Gasteiger charge is 2.28. The number of nitrogens with one attached hydrogen (secondary N) is 1. The Morgan fingerprint density at radius 2 is 1.77 bits per heavy atom. The summed E-state index contributed by atoms with van der Waals surface area (Å²) in [6.07, 6.45) is -0.214. The second kappa shape index (κ2) is 11.4. The average molecular weight is 428 g/mol. The Bertz CT molecular complexity index is 930. The van der Waals surface area contributed by atoms with E-state index in [4.69, 9.17) is 9.47 Å². The third-order valence-corrected chi connectivity index (χ3v) is 4.68. The Balaban J connectivity index is 1.94. The smallest absolute Gasteiger partial charge is 0.408 e. The maximum absolute atomic E-state index is 12.5. The van der Waals surface area contributed by atoms with Gasteiger partial charge in [0.1, 0.15) is 12.6 Å². The Morgan fingerprint density at radius 1 is 1.06 bits per heavy atom. The van der Waals surface area contributed by atoms with Crippen molar-refractivity contribution < 1.29 is 28.8 Å². The van der Waals surface area contributed by atoms with E-state index in [-0.39, 0.29) is 23.8 Å². The van der Waals surface area contributed by atoms with E-state index in [1.54, 1.807) is 19.1 Å². The summed E-state index contributed by atoms with van der Waals surface area (Å²) in [7, 11) is 0. The maximum Gasteiger partial charge on any atom is 0.408 e. The van der Waals surface area contributed by atoms with E-state index in [9.17, 15) is 24.5 Å². The number of ketones is 1. The van der Waals surface area contributed by atoms with Gasteiger partial charge < -0.3 is 14.8 Å². The molecule has 0 saturated carbocycles. The van der Waals surface area contributed by atoms with Gasteiger partial charge in [-0.3, -0.25) is 14.9 Å². The fourth-order valence-electron chi connectivity index (χ4n) is 2.66. The topological polar surface area (TPSA) is 125 Å². The minimum absolute atomic E-state index is 0.0419. The first-order valence-electron chi connectivity index (χ1n) is 9.73. The Hall–Kier alpha value is -3.75. The predicted octanol–water partition coefficient (Wildman–Crippen LogP) is 3.66. The van der Waals surface area contributed by atoms with Crippen LogP contribution < -0.4 is 5.32 Å². The zero-order valence-corrected chi connectivity index (χ0v) is 17.3. The number of hydrogen-bond acceptors (Lipinski definition) is 7. The van der Waals surface area contributed by atoms with Crippen LogP contribution in [-0.2, 0) is 20.9 Å². The van der Waals surface area contributed by atoms with Gasteiger partial charge in [0.2, 0.25) is 5.78 Å². The molecule has 0 spiro atoms. The van der Waals surface area contributed by atoms with E-state index in [0.29, 0.717) is 6.42 Å². The normalized spacial score (nSPS) is 12.3. The van der Waals surface area contributed by atoms with Crippen LogP contribution in [0, 0.1) is 16.0 Å². The minimum atomic E-state index is -1.01. The van der Waals surface area contributed by atoms with Crippen LogP contribution in [0.2, 0.25) is 0 Å². The van der Waals surface area contributed by atoms with Crippen LogP contribution in [-0.4, -0.2) is 35.4 Å². The Labute approximate surface area is 179 Å². The molecule has 0 heterocycles. The molecule has 0 aliphatic rings. The number of non-ortho nitro benzene ring substituents is 1. The van der Waals surface area contributed by atoms with Gasteiger partial charge in [0, 0.05) is 17.7 Å². The molecule has 9 nitrogen and oxygen atoms in total. The average Bonchev–Trinajstić information content (AvgIpc) is 2.79. The second-order valence-electron chi connectivity index (χ2n) is 6.91. The highest BCUT2D eigenvalue weighted by atomic mass is 16.6. The number of nitro groups is 1. The highest BCUT2D eigenvalue weighted by molar-refractivity contribution is 5.98. The number of Topliss-reactive ketones (excluding diaryl/α,β-unsaturated/α-hetero) is 1. The fraction of sp³-hybridized carbons (Fsp3) is 0.318. The van der Waals surface area contributed by atoms with Crippen LogP contribution in [0.1, 0.15) is 36.2 Å². The molecule has 0 aromatic heterocycles.